The molecule has 2 aromatic carbocycles. The molecule has 0 spiro atoms. The van der Waals surface area contributed by atoms with Crippen LogP contribution in [-0.4, -0.2) is 44.1 Å². The molecule has 0 aliphatic heterocycles. The molecule has 0 saturated heterocycles. The summed E-state index contributed by atoms with van der Waals surface area (Å²) < 4.78 is 25.9. The quantitative estimate of drug-likeness (QED) is 0.378. The zero-order valence-electron chi connectivity index (χ0n) is 20.5. The first-order valence-electron chi connectivity index (χ1n) is 12.6. The molecule has 9 heteroatoms. The number of carbonyl (C=O) groups excluding carboxylic acids is 2. The van der Waals surface area contributed by atoms with E-state index in [9.17, 15) is 24.2 Å². The molecular weight excluding hydrogens is 479 g/mol. The van der Waals surface area contributed by atoms with Crippen molar-refractivity contribution in [2.45, 2.75) is 63.8 Å². The number of halogens is 1. The zero-order chi connectivity index (χ0) is 26.1. The van der Waals surface area contributed by atoms with Gasteiger partial charge in [0.25, 0.3) is 5.89 Å². The Morgan fingerprint density at radius 2 is 1.81 bits per heavy atom. The van der Waals surface area contributed by atoms with Gasteiger partial charge in [-0.1, -0.05) is 11.2 Å². The number of rotatable bonds is 10. The number of aliphatic hydroxyl groups is 2. The van der Waals surface area contributed by atoms with Gasteiger partial charge in [0, 0.05) is 23.5 Å². The van der Waals surface area contributed by atoms with Crippen LogP contribution in [-0.2, 0) is 0 Å². The van der Waals surface area contributed by atoms with Crippen LogP contribution in [0.1, 0.15) is 78.2 Å². The molecule has 2 aliphatic carbocycles. The highest BCUT2D eigenvalue weighted by molar-refractivity contribution is 5.99. The van der Waals surface area contributed by atoms with E-state index >= 15 is 0 Å². The van der Waals surface area contributed by atoms with Gasteiger partial charge in [0.05, 0.1) is 17.8 Å². The van der Waals surface area contributed by atoms with Crippen LogP contribution >= 0.6 is 0 Å². The molecule has 194 valence electrons. The summed E-state index contributed by atoms with van der Waals surface area (Å²) in [6, 6.07) is 11.1. The largest absolute Gasteiger partial charge is 0.481 e. The summed E-state index contributed by atoms with van der Waals surface area (Å²) in [5.41, 5.74) is 1.01. The van der Waals surface area contributed by atoms with Crippen molar-refractivity contribution in [1.29, 1.82) is 0 Å². The lowest BCUT2D eigenvalue weighted by Gasteiger charge is -2.11. The summed E-state index contributed by atoms with van der Waals surface area (Å²) in [6.45, 7) is 1.74. The van der Waals surface area contributed by atoms with Crippen molar-refractivity contribution in [3.05, 3.63) is 65.3 Å². The summed E-state index contributed by atoms with van der Waals surface area (Å²) in [7, 11) is 0. The Kier molecular flexibility index (Phi) is 7.17. The van der Waals surface area contributed by atoms with Gasteiger partial charge in [-0.25, -0.2) is 4.39 Å². The maximum absolute atomic E-state index is 14.8. The van der Waals surface area contributed by atoms with Gasteiger partial charge in [-0.3, -0.25) is 9.59 Å². The number of hydrogen-bond acceptors (Lipinski definition) is 8. The highest BCUT2D eigenvalue weighted by Crippen LogP contribution is 2.33. The second kappa shape index (κ2) is 10.5. The maximum Gasteiger partial charge on any atom is 0.267 e. The van der Waals surface area contributed by atoms with E-state index < -0.39 is 24.1 Å². The minimum absolute atomic E-state index is 0.0214. The molecular formula is C28H29FN2O6. The van der Waals surface area contributed by atoms with Crippen molar-refractivity contribution in [1.82, 2.24) is 10.1 Å². The summed E-state index contributed by atoms with van der Waals surface area (Å²) in [4.78, 5) is 29.0. The first-order chi connectivity index (χ1) is 17.8. The molecule has 2 fully saturated rings. The highest BCUT2D eigenvalue weighted by atomic mass is 19.1. The van der Waals surface area contributed by atoms with Crippen molar-refractivity contribution >= 4 is 11.6 Å². The van der Waals surface area contributed by atoms with E-state index in [1.165, 1.54) is 12.1 Å². The molecule has 37 heavy (non-hydrogen) atoms. The van der Waals surface area contributed by atoms with Crippen LogP contribution in [0.4, 0.5) is 4.39 Å². The highest BCUT2D eigenvalue weighted by Gasteiger charge is 2.32. The number of Topliss-reactive ketones (excluding diaryl/α,β-unsaturated/α-hetero) is 2. The Morgan fingerprint density at radius 3 is 2.46 bits per heavy atom. The number of aromatic nitrogens is 2. The van der Waals surface area contributed by atoms with Crippen LogP contribution < -0.4 is 4.74 Å². The first kappa shape index (κ1) is 25.2. The van der Waals surface area contributed by atoms with Crippen molar-refractivity contribution in [3.63, 3.8) is 0 Å². The fraction of sp³-hybridized carbons (Fsp3) is 0.429. The second-order valence-corrected chi connectivity index (χ2v) is 10.0. The van der Waals surface area contributed by atoms with E-state index in [0.29, 0.717) is 36.1 Å². The lowest BCUT2D eigenvalue weighted by atomic mass is 9.96. The Bertz CT molecular complexity index is 1280. The van der Waals surface area contributed by atoms with Gasteiger partial charge < -0.3 is 19.5 Å². The van der Waals surface area contributed by atoms with Crippen LogP contribution in [0.5, 0.6) is 5.75 Å². The minimum Gasteiger partial charge on any atom is -0.481 e. The Balaban J connectivity index is 1.19. The third-order valence-electron chi connectivity index (χ3n) is 7.09. The van der Waals surface area contributed by atoms with Gasteiger partial charge in [-0.2, -0.15) is 4.98 Å². The molecule has 0 bridgehead atoms. The zero-order valence-corrected chi connectivity index (χ0v) is 20.5. The van der Waals surface area contributed by atoms with Crippen LogP contribution in [0, 0.1) is 17.7 Å². The van der Waals surface area contributed by atoms with Gasteiger partial charge in [0.1, 0.15) is 11.6 Å². The van der Waals surface area contributed by atoms with Crippen molar-refractivity contribution < 1.29 is 33.5 Å². The minimum atomic E-state index is -0.757. The Morgan fingerprint density at radius 1 is 1.11 bits per heavy atom. The number of nitrogens with zero attached hydrogens (tertiary/aromatic N) is 2. The molecule has 0 radical (unpaired) electrons. The molecule has 0 unspecified atom stereocenters. The number of hydrogen-bond donors (Lipinski definition) is 2. The average Bonchev–Trinajstić information content (AvgIpc) is 3.52. The third kappa shape index (κ3) is 5.78. The van der Waals surface area contributed by atoms with Gasteiger partial charge in [-0.15, -0.1) is 0 Å². The van der Waals surface area contributed by atoms with E-state index in [-0.39, 0.29) is 47.1 Å². The SMILES string of the molecule is C[C@@H](Oc1ccc(C(=O)C2CC2)cc1)c1nc(-c2ccc(C(=O)CCC3C[C@H](O)[C@@H](O)C3)c(F)c2)no1. The normalized spacial score (nSPS) is 20.6. The van der Waals surface area contributed by atoms with E-state index in [1.54, 1.807) is 37.3 Å². The predicted molar refractivity (Wildman–Crippen MR) is 131 cm³/mol. The van der Waals surface area contributed by atoms with Crippen LogP contribution in [0.15, 0.2) is 47.0 Å². The third-order valence-corrected chi connectivity index (χ3v) is 7.09. The van der Waals surface area contributed by atoms with E-state index in [4.69, 9.17) is 9.26 Å². The van der Waals surface area contributed by atoms with E-state index in [1.807, 2.05) is 0 Å². The lowest BCUT2D eigenvalue weighted by Crippen LogP contribution is -2.17. The molecule has 8 nitrogen and oxygen atoms in total. The number of carbonyl (C=O) groups is 2. The fourth-order valence-corrected chi connectivity index (χ4v) is 4.73. The molecule has 1 aromatic heterocycles. The van der Waals surface area contributed by atoms with Gasteiger partial charge in [0.2, 0.25) is 5.82 Å². The number of benzene rings is 2. The first-order valence-corrected chi connectivity index (χ1v) is 12.6. The standard InChI is InChI=1S/C28H29FN2O6/c1-15(36-20-8-5-18(6-9-20)26(35)17-3-4-17)28-30-27(31-37-28)19-7-10-21(22(29)14-19)23(32)11-2-16-12-24(33)25(34)13-16/h5-10,14-17,24-25,33-34H,2-4,11-13H2,1H3/t15-,24+,25+/m1/s1. The molecule has 2 N–H and O–H groups in total. The average molecular weight is 509 g/mol. The summed E-state index contributed by atoms with van der Waals surface area (Å²) in [5, 5.41) is 23.2. The fourth-order valence-electron chi connectivity index (χ4n) is 4.73. The van der Waals surface area contributed by atoms with Crippen LogP contribution in [0.2, 0.25) is 0 Å². The van der Waals surface area contributed by atoms with Gasteiger partial charge in [0.15, 0.2) is 17.7 Å². The van der Waals surface area contributed by atoms with Crippen molar-refractivity contribution in [2.24, 2.45) is 11.8 Å². The van der Waals surface area contributed by atoms with E-state index in [2.05, 4.69) is 10.1 Å². The van der Waals surface area contributed by atoms with Crippen LogP contribution in [0.3, 0.4) is 0 Å². The topological polar surface area (TPSA) is 123 Å². The van der Waals surface area contributed by atoms with Crippen molar-refractivity contribution in [2.75, 3.05) is 0 Å². The second-order valence-electron chi connectivity index (χ2n) is 10.0. The van der Waals surface area contributed by atoms with Gasteiger partial charge >= 0.3 is 0 Å². The number of ketones is 2. The monoisotopic (exact) mass is 508 g/mol. The smallest absolute Gasteiger partial charge is 0.267 e. The molecule has 2 saturated carbocycles. The molecule has 3 atom stereocenters. The predicted octanol–water partition coefficient (Wildman–Crippen LogP) is 4.70. The lowest BCUT2D eigenvalue weighted by molar-refractivity contribution is 0.0438. The number of ether oxygens (including phenoxy) is 1. The Hall–Kier alpha value is -3.43. The van der Waals surface area contributed by atoms with Crippen LogP contribution in [0.25, 0.3) is 11.4 Å². The molecule has 5 rings (SSSR count). The van der Waals surface area contributed by atoms with E-state index in [0.717, 1.165) is 12.8 Å². The molecule has 1 heterocycles. The molecule has 0 amide bonds. The van der Waals surface area contributed by atoms with Crippen molar-refractivity contribution in [3.8, 4) is 17.1 Å². The summed E-state index contributed by atoms with van der Waals surface area (Å²) in [6.07, 6.45) is 1.33. The summed E-state index contributed by atoms with van der Waals surface area (Å²) in [5.74, 6) is 0.274. The summed E-state index contributed by atoms with van der Waals surface area (Å²) >= 11 is 0. The molecule has 2 aliphatic rings. The Labute approximate surface area is 213 Å². The maximum atomic E-state index is 14.8. The molecule has 3 aromatic rings. The van der Waals surface area contributed by atoms with Gasteiger partial charge in [-0.05, 0) is 81.3 Å². The number of aliphatic hydroxyl groups excluding tert-OH is 2.